The largest absolute Gasteiger partial charge is 0.511 e. The Morgan fingerprint density at radius 1 is 1.19 bits per heavy atom. The molecule has 0 atom stereocenters. The summed E-state index contributed by atoms with van der Waals surface area (Å²) >= 11 is 6.10. The molecule has 6 nitrogen and oxygen atoms in total. The first-order chi connectivity index (χ1) is 12.9. The van der Waals surface area contributed by atoms with Crippen LogP contribution < -0.4 is 10.2 Å². The highest BCUT2D eigenvalue weighted by molar-refractivity contribution is 6.30. The average Bonchev–Trinajstić information content (AvgIpc) is 2.99. The van der Waals surface area contributed by atoms with Gasteiger partial charge < -0.3 is 19.7 Å². The lowest BCUT2D eigenvalue weighted by Gasteiger charge is -2.17. The van der Waals surface area contributed by atoms with Crippen LogP contribution in [0.1, 0.15) is 17.8 Å². The molecule has 27 heavy (non-hydrogen) atoms. The molecule has 1 amide bonds. The molecule has 1 aliphatic rings. The number of aromatic nitrogens is 2. The smallest absolute Gasteiger partial charge is 0.261 e. The second kappa shape index (κ2) is 6.63. The topological polar surface area (TPSA) is 69.9 Å². The van der Waals surface area contributed by atoms with Crippen molar-refractivity contribution >= 4 is 40.1 Å². The maximum Gasteiger partial charge on any atom is 0.261 e. The van der Waals surface area contributed by atoms with Crippen LogP contribution >= 0.6 is 11.6 Å². The third-order valence-corrected chi connectivity index (χ3v) is 4.90. The van der Waals surface area contributed by atoms with E-state index in [1.807, 2.05) is 47.7 Å². The second-order valence-corrected chi connectivity index (χ2v) is 7.14. The Morgan fingerprint density at radius 3 is 2.63 bits per heavy atom. The number of nitrogens with one attached hydrogen (secondary N) is 1. The number of carbonyl (C=O) groups is 1. The molecule has 138 valence electrons. The summed E-state index contributed by atoms with van der Waals surface area (Å²) in [5, 5.41) is 13.8. The van der Waals surface area contributed by atoms with Crippen LogP contribution in [-0.4, -0.2) is 34.5 Å². The van der Waals surface area contributed by atoms with Crippen molar-refractivity contribution in [2.45, 2.75) is 12.8 Å². The summed E-state index contributed by atoms with van der Waals surface area (Å²) in [7, 11) is 3.91. The van der Waals surface area contributed by atoms with Gasteiger partial charge in [0.1, 0.15) is 22.7 Å². The molecule has 1 aliphatic carbocycles. The zero-order valence-electron chi connectivity index (χ0n) is 15.0. The SMILES string of the molecule is CN(C)c1ccc(NC(=O)C2=C(O)CCc3c2nc2ccc(Cl)cn32)cc1. The van der Waals surface area contributed by atoms with Gasteiger partial charge in [-0.25, -0.2) is 4.98 Å². The monoisotopic (exact) mass is 382 g/mol. The minimum absolute atomic E-state index is 0.0550. The summed E-state index contributed by atoms with van der Waals surface area (Å²) < 4.78 is 1.88. The van der Waals surface area contributed by atoms with Crippen molar-refractivity contribution in [3.63, 3.8) is 0 Å². The first-order valence-electron chi connectivity index (χ1n) is 8.62. The molecular formula is C20H19ClN4O2. The first kappa shape index (κ1) is 17.4. The summed E-state index contributed by atoms with van der Waals surface area (Å²) in [6, 6.07) is 11.1. The fourth-order valence-corrected chi connectivity index (χ4v) is 3.44. The number of aryl methyl sites for hydroxylation is 1. The van der Waals surface area contributed by atoms with Crippen molar-refractivity contribution in [3.05, 3.63) is 64.8 Å². The fraction of sp³-hybridized carbons (Fsp3) is 0.200. The molecule has 2 N–H and O–H groups in total. The Morgan fingerprint density at radius 2 is 1.93 bits per heavy atom. The van der Waals surface area contributed by atoms with Crippen LogP contribution in [0, 0.1) is 0 Å². The van der Waals surface area contributed by atoms with Gasteiger partial charge in [0.25, 0.3) is 5.91 Å². The number of anilines is 2. The third kappa shape index (κ3) is 3.13. The van der Waals surface area contributed by atoms with Gasteiger partial charge in [-0.15, -0.1) is 0 Å². The Bertz CT molecular complexity index is 1070. The van der Waals surface area contributed by atoms with Gasteiger partial charge >= 0.3 is 0 Å². The summed E-state index contributed by atoms with van der Waals surface area (Å²) in [5.41, 5.74) is 3.98. The molecule has 1 aromatic carbocycles. The predicted molar refractivity (Wildman–Crippen MR) is 107 cm³/mol. The van der Waals surface area contributed by atoms with Crippen molar-refractivity contribution in [1.29, 1.82) is 0 Å². The lowest BCUT2D eigenvalue weighted by atomic mass is 9.97. The molecule has 0 unspecified atom stereocenters. The molecule has 4 rings (SSSR count). The van der Waals surface area contributed by atoms with E-state index in [4.69, 9.17) is 11.6 Å². The Kier molecular flexibility index (Phi) is 4.28. The molecule has 0 aliphatic heterocycles. The van der Waals surface area contributed by atoms with E-state index in [1.54, 1.807) is 18.3 Å². The van der Waals surface area contributed by atoms with Crippen LogP contribution in [0.4, 0.5) is 11.4 Å². The van der Waals surface area contributed by atoms with Gasteiger partial charge in [0.05, 0.1) is 10.7 Å². The molecule has 3 aromatic rings. The van der Waals surface area contributed by atoms with Gasteiger partial charge in [-0.2, -0.15) is 0 Å². The van der Waals surface area contributed by atoms with E-state index in [-0.39, 0.29) is 17.2 Å². The van der Waals surface area contributed by atoms with E-state index in [0.29, 0.717) is 34.9 Å². The highest BCUT2D eigenvalue weighted by Gasteiger charge is 2.29. The quantitative estimate of drug-likeness (QED) is 0.720. The van der Waals surface area contributed by atoms with Crippen LogP contribution in [-0.2, 0) is 11.2 Å². The molecule has 7 heteroatoms. The van der Waals surface area contributed by atoms with E-state index in [2.05, 4.69) is 10.3 Å². The summed E-state index contributed by atoms with van der Waals surface area (Å²) in [4.78, 5) is 19.4. The Hall–Kier alpha value is -2.99. The molecular weight excluding hydrogens is 364 g/mol. The number of carbonyl (C=O) groups excluding carboxylic acids is 1. The standard InChI is InChI=1S/C20H19ClN4O2/c1-24(2)14-6-4-13(5-7-14)22-20(27)18-16(26)9-8-15-19(18)23-17-10-3-12(21)11-25(15)17/h3-7,10-11,26H,8-9H2,1-2H3,(H,22,27). The van der Waals surface area contributed by atoms with E-state index in [0.717, 1.165) is 11.4 Å². The van der Waals surface area contributed by atoms with Crippen LogP contribution in [0.5, 0.6) is 0 Å². The molecule has 2 heterocycles. The summed E-state index contributed by atoms with van der Waals surface area (Å²) in [6.45, 7) is 0. The van der Waals surface area contributed by atoms with E-state index >= 15 is 0 Å². The van der Waals surface area contributed by atoms with Crippen molar-refractivity contribution in [2.75, 3.05) is 24.3 Å². The van der Waals surface area contributed by atoms with Crippen LogP contribution in [0.3, 0.4) is 0 Å². The van der Waals surface area contributed by atoms with E-state index < -0.39 is 0 Å². The van der Waals surface area contributed by atoms with Crippen molar-refractivity contribution in [3.8, 4) is 0 Å². The number of halogens is 1. The van der Waals surface area contributed by atoms with Crippen molar-refractivity contribution < 1.29 is 9.90 Å². The van der Waals surface area contributed by atoms with Gasteiger partial charge in [0.2, 0.25) is 0 Å². The predicted octanol–water partition coefficient (Wildman–Crippen LogP) is 3.91. The second-order valence-electron chi connectivity index (χ2n) is 6.70. The number of nitrogens with zero attached hydrogens (tertiary/aromatic N) is 3. The van der Waals surface area contributed by atoms with E-state index in [9.17, 15) is 9.90 Å². The number of fused-ring (bicyclic) bond motifs is 3. The number of benzene rings is 1. The number of amides is 1. The first-order valence-corrected chi connectivity index (χ1v) is 8.99. The number of allylic oxidation sites excluding steroid dienone is 1. The number of rotatable bonds is 3. The molecule has 0 fully saturated rings. The number of aliphatic hydroxyl groups excluding tert-OH is 1. The minimum atomic E-state index is -0.374. The van der Waals surface area contributed by atoms with Crippen molar-refractivity contribution in [1.82, 2.24) is 9.38 Å². The number of hydrogen-bond donors (Lipinski definition) is 2. The fourth-order valence-electron chi connectivity index (χ4n) is 3.28. The maximum absolute atomic E-state index is 12.9. The van der Waals surface area contributed by atoms with Gasteiger partial charge in [-0.3, -0.25) is 4.79 Å². The highest BCUT2D eigenvalue weighted by atomic mass is 35.5. The van der Waals surface area contributed by atoms with Crippen LogP contribution in [0.25, 0.3) is 11.2 Å². The summed E-state index contributed by atoms with van der Waals surface area (Å²) in [6.07, 6.45) is 2.76. The molecule has 0 saturated carbocycles. The minimum Gasteiger partial charge on any atom is -0.511 e. The van der Waals surface area contributed by atoms with Gasteiger partial charge in [0, 0.05) is 38.1 Å². The maximum atomic E-state index is 12.9. The lowest BCUT2D eigenvalue weighted by molar-refractivity contribution is -0.111. The molecule has 0 saturated heterocycles. The highest BCUT2D eigenvalue weighted by Crippen LogP contribution is 2.32. The number of aliphatic hydroxyl groups is 1. The number of hydrogen-bond acceptors (Lipinski definition) is 4. The van der Waals surface area contributed by atoms with Gasteiger partial charge in [-0.05, 0) is 42.8 Å². The average molecular weight is 383 g/mol. The zero-order chi connectivity index (χ0) is 19.1. The summed E-state index contributed by atoms with van der Waals surface area (Å²) in [5.74, 6) is -0.319. The van der Waals surface area contributed by atoms with Gasteiger partial charge in [0.15, 0.2) is 0 Å². The normalized spacial score (nSPS) is 13.6. The molecule has 0 radical (unpaired) electrons. The lowest BCUT2D eigenvalue weighted by Crippen LogP contribution is -2.19. The Balaban J connectivity index is 1.68. The zero-order valence-corrected chi connectivity index (χ0v) is 15.8. The molecule has 0 bridgehead atoms. The number of imidazole rings is 1. The molecule has 0 spiro atoms. The van der Waals surface area contributed by atoms with Crippen LogP contribution in [0.15, 0.2) is 48.4 Å². The third-order valence-electron chi connectivity index (χ3n) is 4.67. The number of pyridine rings is 1. The van der Waals surface area contributed by atoms with Gasteiger partial charge in [-0.1, -0.05) is 11.6 Å². The molecule has 2 aromatic heterocycles. The van der Waals surface area contributed by atoms with Crippen molar-refractivity contribution in [2.24, 2.45) is 0 Å². The van der Waals surface area contributed by atoms with Crippen LogP contribution in [0.2, 0.25) is 5.02 Å². The Labute approximate surface area is 161 Å². The van der Waals surface area contributed by atoms with E-state index in [1.165, 1.54) is 0 Å².